The first-order chi connectivity index (χ1) is 12.8. The SMILES string of the molecule is C\C=C/C=C\C=C\Cc1cnc(-c2ccc(OCC3CCCN3)cc2)s1. The molecule has 1 aromatic carbocycles. The fourth-order valence-corrected chi connectivity index (χ4v) is 3.72. The second kappa shape index (κ2) is 10.1. The average molecular weight is 367 g/mol. The lowest BCUT2D eigenvalue weighted by atomic mass is 10.2. The highest BCUT2D eigenvalue weighted by molar-refractivity contribution is 7.15. The van der Waals surface area contributed by atoms with Gasteiger partial charge in [-0.25, -0.2) is 4.98 Å². The standard InChI is InChI=1S/C22H26N2OS/c1-2-3-4-5-6-7-10-21-16-24-22(26-21)18-11-13-20(14-12-18)25-17-19-9-8-15-23-19/h2-7,11-14,16,19,23H,8-10,15,17H2,1H3/b3-2-,5-4-,7-6+. The van der Waals surface area contributed by atoms with E-state index in [9.17, 15) is 0 Å². The van der Waals surface area contributed by atoms with Crippen molar-refractivity contribution in [2.24, 2.45) is 0 Å². The van der Waals surface area contributed by atoms with Gasteiger partial charge in [0.1, 0.15) is 17.4 Å². The number of thiazole rings is 1. The quantitative estimate of drug-likeness (QED) is 0.654. The molecule has 0 bridgehead atoms. The molecular formula is C22H26N2OS. The lowest BCUT2D eigenvalue weighted by molar-refractivity contribution is 0.277. The zero-order valence-electron chi connectivity index (χ0n) is 15.2. The predicted octanol–water partition coefficient (Wildman–Crippen LogP) is 5.17. The number of allylic oxidation sites excluding steroid dienone is 6. The lowest BCUT2D eigenvalue weighted by Gasteiger charge is -2.12. The molecule has 1 unspecified atom stereocenters. The highest BCUT2D eigenvalue weighted by atomic mass is 32.1. The number of aromatic nitrogens is 1. The van der Waals surface area contributed by atoms with Crippen LogP contribution in [0.15, 0.2) is 66.9 Å². The maximum atomic E-state index is 5.88. The van der Waals surface area contributed by atoms with Crippen molar-refractivity contribution in [2.75, 3.05) is 13.2 Å². The highest BCUT2D eigenvalue weighted by Gasteiger charge is 2.14. The largest absolute Gasteiger partial charge is 0.492 e. The normalized spacial score (nSPS) is 17.8. The van der Waals surface area contributed by atoms with Crippen LogP contribution in [-0.2, 0) is 6.42 Å². The van der Waals surface area contributed by atoms with E-state index in [0.29, 0.717) is 6.04 Å². The van der Waals surface area contributed by atoms with Gasteiger partial charge in [-0.05, 0) is 50.6 Å². The van der Waals surface area contributed by atoms with Crippen LogP contribution in [0.2, 0.25) is 0 Å². The molecule has 3 nitrogen and oxygen atoms in total. The van der Waals surface area contributed by atoms with Crippen LogP contribution in [0.4, 0.5) is 0 Å². The van der Waals surface area contributed by atoms with Gasteiger partial charge in [0.25, 0.3) is 0 Å². The number of ether oxygens (including phenoxy) is 1. The maximum absolute atomic E-state index is 5.88. The van der Waals surface area contributed by atoms with E-state index in [0.717, 1.165) is 35.9 Å². The summed E-state index contributed by atoms with van der Waals surface area (Å²) >= 11 is 1.74. The van der Waals surface area contributed by atoms with Gasteiger partial charge in [-0.2, -0.15) is 0 Å². The summed E-state index contributed by atoms with van der Waals surface area (Å²) in [4.78, 5) is 5.83. The molecule has 0 radical (unpaired) electrons. The van der Waals surface area contributed by atoms with E-state index in [1.54, 1.807) is 11.3 Å². The molecule has 3 rings (SSSR count). The lowest BCUT2D eigenvalue weighted by Crippen LogP contribution is -2.28. The molecule has 1 saturated heterocycles. The number of benzene rings is 1. The van der Waals surface area contributed by atoms with Crippen LogP contribution in [0.3, 0.4) is 0 Å². The summed E-state index contributed by atoms with van der Waals surface area (Å²) in [6.45, 7) is 3.87. The first-order valence-electron chi connectivity index (χ1n) is 9.21. The Bertz CT molecular complexity index is 753. The zero-order chi connectivity index (χ0) is 18.0. The van der Waals surface area contributed by atoms with E-state index >= 15 is 0 Å². The summed E-state index contributed by atoms with van der Waals surface area (Å²) in [6.07, 6.45) is 17.7. The number of nitrogens with zero attached hydrogens (tertiary/aromatic N) is 1. The Morgan fingerprint density at radius 2 is 2.04 bits per heavy atom. The first-order valence-corrected chi connectivity index (χ1v) is 10.0. The van der Waals surface area contributed by atoms with E-state index in [2.05, 4.69) is 34.6 Å². The van der Waals surface area contributed by atoms with Gasteiger partial charge >= 0.3 is 0 Å². The number of hydrogen-bond donors (Lipinski definition) is 1. The third-order valence-corrected chi connectivity index (χ3v) is 5.32. The Balaban J connectivity index is 1.51. The summed E-state index contributed by atoms with van der Waals surface area (Å²) in [6, 6.07) is 8.76. The van der Waals surface area contributed by atoms with Crippen LogP contribution in [0.1, 0.15) is 24.6 Å². The minimum Gasteiger partial charge on any atom is -0.492 e. The zero-order valence-corrected chi connectivity index (χ0v) is 16.0. The van der Waals surface area contributed by atoms with Gasteiger partial charge in [-0.15, -0.1) is 11.3 Å². The van der Waals surface area contributed by atoms with Crippen molar-refractivity contribution in [2.45, 2.75) is 32.2 Å². The molecule has 0 saturated carbocycles. The van der Waals surface area contributed by atoms with Gasteiger partial charge in [0.05, 0.1) is 0 Å². The molecule has 1 fully saturated rings. The Morgan fingerprint density at radius 1 is 1.19 bits per heavy atom. The van der Waals surface area contributed by atoms with Gasteiger partial charge in [0.2, 0.25) is 0 Å². The molecule has 2 aromatic rings. The van der Waals surface area contributed by atoms with Crippen molar-refractivity contribution in [3.05, 3.63) is 71.8 Å². The van der Waals surface area contributed by atoms with Crippen molar-refractivity contribution >= 4 is 11.3 Å². The van der Waals surface area contributed by atoms with Crippen LogP contribution in [-0.4, -0.2) is 24.2 Å². The van der Waals surface area contributed by atoms with Crippen LogP contribution in [0.25, 0.3) is 10.6 Å². The molecule has 1 aliphatic rings. The fraction of sp³-hybridized carbons (Fsp3) is 0.318. The van der Waals surface area contributed by atoms with Crippen LogP contribution in [0.5, 0.6) is 5.75 Å². The fourth-order valence-electron chi connectivity index (χ4n) is 2.83. The monoisotopic (exact) mass is 366 g/mol. The van der Waals surface area contributed by atoms with Crippen molar-refractivity contribution in [1.29, 1.82) is 0 Å². The van der Waals surface area contributed by atoms with Crippen LogP contribution >= 0.6 is 11.3 Å². The van der Waals surface area contributed by atoms with E-state index < -0.39 is 0 Å². The highest BCUT2D eigenvalue weighted by Crippen LogP contribution is 2.27. The molecule has 0 spiro atoms. The minimum atomic E-state index is 0.497. The third-order valence-electron chi connectivity index (χ3n) is 4.25. The Labute approximate surface area is 160 Å². The summed E-state index contributed by atoms with van der Waals surface area (Å²) in [5.74, 6) is 0.926. The van der Waals surface area contributed by atoms with Gasteiger partial charge < -0.3 is 10.1 Å². The Morgan fingerprint density at radius 3 is 2.81 bits per heavy atom. The van der Waals surface area contributed by atoms with E-state index in [4.69, 9.17) is 4.74 Å². The smallest absolute Gasteiger partial charge is 0.123 e. The Kier molecular flexibility index (Phi) is 7.23. The molecule has 1 atom stereocenters. The van der Waals surface area contributed by atoms with E-state index in [1.807, 2.05) is 49.6 Å². The van der Waals surface area contributed by atoms with E-state index in [1.165, 1.54) is 17.7 Å². The van der Waals surface area contributed by atoms with Crippen LogP contribution < -0.4 is 10.1 Å². The molecule has 1 N–H and O–H groups in total. The van der Waals surface area contributed by atoms with Gasteiger partial charge in [-0.3, -0.25) is 0 Å². The molecule has 26 heavy (non-hydrogen) atoms. The van der Waals surface area contributed by atoms with E-state index in [-0.39, 0.29) is 0 Å². The molecule has 4 heteroatoms. The first kappa shape index (κ1) is 18.6. The summed E-state index contributed by atoms with van der Waals surface area (Å²) in [5, 5.41) is 4.51. The minimum absolute atomic E-state index is 0.497. The average Bonchev–Trinajstić information content (AvgIpc) is 3.35. The number of hydrogen-bond acceptors (Lipinski definition) is 4. The topological polar surface area (TPSA) is 34.1 Å². The summed E-state index contributed by atoms with van der Waals surface area (Å²) < 4.78 is 5.88. The van der Waals surface area contributed by atoms with Crippen LogP contribution in [0, 0.1) is 0 Å². The van der Waals surface area contributed by atoms with Crippen molar-refractivity contribution in [1.82, 2.24) is 10.3 Å². The second-order valence-electron chi connectivity index (χ2n) is 6.30. The number of nitrogens with one attached hydrogen (secondary N) is 1. The molecular weight excluding hydrogens is 340 g/mol. The van der Waals surface area contributed by atoms with Crippen molar-refractivity contribution < 1.29 is 4.74 Å². The van der Waals surface area contributed by atoms with Gasteiger partial charge in [-0.1, -0.05) is 36.5 Å². The maximum Gasteiger partial charge on any atom is 0.123 e. The van der Waals surface area contributed by atoms with Gasteiger partial charge in [0, 0.05) is 29.1 Å². The van der Waals surface area contributed by atoms with Crippen molar-refractivity contribution in [3.8, 4) is 16.3 Å². The summed E-state index contributed by atoms with van der Waals surface area (Å²) in [5.41, 5.74) is 1.14. The second-order valence-corrected chi connectivity index (χ2v) is 7.42. The molecule has 0 aliphatic carbocycles. The Hall–Kier alpha value is -2.17. The molecule has 0 amide bonds. The summed E-state index contributed by atoms with van der Waals surface area (Å²) in [7, 11) is 0. The molecule has 1 aromatic heterocycles. The number of rotatable bonds is 8. The molecule has 136 valence electrons. The third kappa shape index (κ3) is 5.68. The predicted molar refractivity (Wildman–Crippen MR) is 111 cm³/mol. The molecule has 2 heterocycles. The van der Waals surface area contributed by atoms with Gasteiger partial charge in [0.15, 0.2) is 0 Å². The van der Waals surface area contributed by atoms with Crippen molar-refractivity contribution in [3.63, 3.8) is 0 Å². The molecule has 1 aliphatic heterocycles.